The summed E-state index contributed by atoms with van der Waals surface area (Å²) < 4.78 is 3.62. The van der Waals surface area contributed by atoms with Crippen molar-refractivity contribution >= 4 is 17.8 Å². The highest BCUT2D eigenvalue weighted by atomic mass is 15.4. The summed E-state index contributed by atoms with van der Waals surface area (Å²) in [4.78, 5) is 11.8. The summed E-state index contributed by atoms with van der Waals surface area (Å²) in [5.41, 5.74) is 6.91. The normalized spacial score (nSPS) is 11.2. The van der Waals surface area contributed by atoms with Gasteiger partial charge in [0.1, 0.15) is 11.3 Å². The average Bonchev–Trinajstić information content (AvgIpc) is 3.48. The van der Waals surface area contributed by atoms with E-state index >= 15 is 0 Å². The maximum Gasteiger partial charge on any atom is 0.137 e. The summed E-state index contributed by atoms with van der Waals surface area (Å²) in [6, 6.07) is 10.3. The first-order chi connectivity index (χ1) is 14.7. The summed E-state index contributed by atoms with van der Waals surface area (Å²) in [7, 11) is 1.90. The van der Waals surface area contributed by atoms with E-state index in [1.165, 1.54) is 0 Å². The van der Waals surface area contributed by atoms with Gasteiger partial charge in [-0.05, 0) is 23.9 Å². The molecule has 0 radical (unpaired) electrons. The van der Waals surface area contributed by atoms with E-state index in [9.17, 15) is 0 Å². The van der Waals surface area contributed by atoms with Crippen LogP contribution in [0.25, 0.3) is 33.4 Å². The third kappa shape index (κ3) is 3.28. The zero-order valence-electron chi connectivity index (χ0n) is 16.5. The Morgan fingerprint density at radius 2 is 1.97 bits per heavy atom. The van der Waals surface area contributed by atoms with Gasteiger partial charge in [-0.2, -0.15) is 5.10 Å². The van der Waals surface area contributed by atoms with Gasteiger partial charge in [0, 0.05) is 47.7 Å². The van der Waals surface area contributed by atoms with Crippen molar-refractivity contribution < 1.29 is 0 Å². The van der Waals surface area contributed by atoms with Crippen LogP contribution in [-0.4, -0.2) is 41.5 Å². The van der Waals surface area contributed by atoms with Gasteiger partial charge in [0.05, 0.1) is 25.5 Å². The van der Waals surface area contributed by atoms with Gasteiger partial charge in [-0.25, -0.2) is 9.67 Å². The molecule has 0 aliphatic heterocycles. The number of pyridine rings is 1. The lowest BCUT2D eigenvalue weighted by atomic mass is 10.1. The molecule has 0 saturated carbocycles. The molecule has 8 nitrogen and oxygen atoms in total. The van der Waals surface area contributed by atoms with E-state index in [0.717, 1.165) is 44.5 Å². The zero-order valence-corrected chi connectivity index (χ0v) is 16.5. The predicted octanol–water partition coefficient (Wildman–Crippen LogP) is 3.47. The van der Waals surface area contributed by atoms with E-state index in [2.05, 4.69) is 55.3 Å². The van der Waals surface area contributed by atoms with Crippen molar-refractivity contribution in [3.05, 3.63) is 72.4 Å². The fraction of sp³-hybridized carbons (Fsp3) is 0.136. The fourth-order valence-electron chi connectivity index (χ4n) is 3.60. The Morgan fingerprint density at radius 3 is 2.77 bits per heavy atom. The number of aromatic nitrogens is 7. The lowest BCUT2D eigenvalue weighted by Crippen LogP contribution is -2.03. The van der Waals surface area contributed by atoms with Crippen LogP contribution in [-0.2, 0) is 20.1 Å². The molecule has 0 amide bonds. The molecular formula is C22H20N8. The van der Waals surface area contributed by atoms with Crippen LogP contribution in [0.4, 0.5) is 0 Å². The first-order valence-corrected chi connectivity index (χ1v) is 9.57. The molecule has 5 rings (SSSR count). The second-order valence-corrected chi connectivity index (χ2v) is 7.18. The summed E-state index contributed by atoms with van der Waals surface area (Å²) in [6.45, 7) is 4.81. The van der Waals surface area contributed by atoms with Crippen molar-refractivity contribution in [2.24, 2.45) is 12.0 Å². The van der Waals surface area contributed by atoms with Gasteiger partial charge in [0.15, 0.2) is 0 Å². The summed E-state index contributed by atoms with van der Waals surface area (Å²) >= 11 is 0. The summed E-state index contributed by atoms with van der Waals surface area (Å²) in [6.07, 6.45) is 9.54. The largest absolute Gasteiger partial charge is 0.345 e. The molecular weight excluding hydrogens is 376 g/mol. The van der Waals surface area contributed by atoms with E-state index in [1.54, 1.807) is 4.68 Å². The van der Waals surface area contributed by atoms with Crippen molar-refractivity contribution in [1.29, 1.82) is 0 Å². The Labute approximate surface area is 172 Å². The van der Waals surface area contributed by atoms with Gasteiger partial charge in [-0.3, -0.25) is 9.67 Å². The van der Waals surface area contributed by atoms with Gasteiger partial charge < -0.3 is 4.98 Å². The van der Waals surface area contributed by atoms with Crippen LogP contribution in [0.2, 0.25) is 0 Å². The number of benzene rings is 1. The smallest absolute Gasteiger partial charge is 0.137 e. The van der Waals surface area contributed by atoms with Crippen molar-refractivity contribution in [2.45, 2.75) is 13.1 Å². The molecule has 4 aromatic heterocycles. The maximum atomic E-state index is 4.56. The number of aliphatic imine (C=N–C) groups is 1. The number of nitrogens with zero attached hydrogens (tertiary/aromatic N) is 7. The van der Waals surface area contributed by atoms with Crippen molar-refractivity contribution in [3.63, 3.8) is 0 Å². The first kappa shape index (κ1) is 18.0. The van der Waals surface area contributed by atoms with Crippen molar-refractivity contribution in [2.75, 3.05) is 0 Å². The average molecular weight is 396 g/mol. The molecule has 4 heterocycles. The molecule has 30 heavy (non-hydrogen) atoms. The molecule has 1 aromatic carbocycles. The summed E-state index contributed by atoms with van der Waals surface area (Å²) in [5, 5.41) is 14.0. The van der Waals surface area contributed by atoms with Gasteiger partial charge in [-0.1, -0.05) is 29.5 Å². The molecule has 5 aromatic rings. The SMILES string of the molecule is C=NCc1ccccc1Cn1cc(-c2c[nH]c3ncc(-c4cnn(C)c4)cc23)nn1. The number of hydrogen-bond acceptors (Lipinski definition) is 5. The number of fused-ring (bicyclic) bond motifs is 1. The molecule has 0 aliphatic rings. The standard InChI is InChI=1S/C22H20N8/c1-23-8-15-5-3-4-6-16(15)13-30-14-21(27-28-30)20-11-25-22-19(20)7-17(9-24-22)18-10-26-29(2)12-18/h3-7,9-12,14H,1,8,13H2,2H3,(H,24,25). The highest BCUT2D eigenvalue weighted by molar-refractivity contribution is 5.94. The number of aryl methyl sites for hydroxylation is 1. The highest BCUT2D eigenvalue weighted by Crippen LogP contribution is 2.29. The Morgan fingerprint density at radius 1 is 1.10 bits per heavy atom. The van der Waals surface area contributed by atoms with Crippen molar-refractivity contribution in [3.8, 4) is 22.4 Å². The molecule has 0 fully saturated rings. The first-order valence-electron chi connectivity index (χ1n) is 9.57. The maximum absolute atomic E-state index is 4.56. The number of aromatic amines is 1. The Kier molecular flexibility index (Phi) is 4.44. The quantitative estimate of drug-likeness (QED) is 0.445. The fourth-order valence-corrected chi connectivity index (χ4v) is 3.60. The van der Waals surface area contributed by atoms with Crippen LogP contribution in [0.5, 0.6) is 0 Å². The van der Waals surface area contributed by atoms with Crippen LogP contribution in [0, 0.1) is 0 Å². The lowest BCUT2D eigenvalue weighted by Gasteiger charge is -2.06. The Balaban J connectivity index is 1.48. The van der Waals surface area contributed by atoms with Crippen LogP contribution >= 0.6 is 0 Å². The van der Waals surface area contributed by atoms with Crippen LogP contribution in [0.3, 0.4) is 0 Å². The molecule has 0 spiro atoms. The van der Waals surface area contributed by atoms with Gasteiger partial charge in [-0.15, -0.1) is 5.10 Å². The molecule has 0 bridgehead atoms. The van der Waals surface area contributed by atoms with E-state index in [1.807, 2.05) is 54.8 Å². The molecule has 148 valence electrons. The van der Waals surface area contributed by atoms with E-state index in [-0.39, 0.29) is 0 Å². The Hall–Kier alpha value is -4.07. The monoisotopic (exact) mass is 396 g/mol. The third-order valence-corrected chi connectivity index (χ3v) is 5.12. The van der Waals surface area contributed by atoms with Crippen LogP contribution < -0.4 is 0 Å². The minimum atomic E-state index is 0.586. The van der Waals surface area contributed by atoms with Crippen LogP contribution in [0.1, 0.15) is 11.1 Å². The van der Waals surface area contributed by atoms with Gasteiger partial charge in [0.25, 0.3) is 0 Å². The number of H-pyrrole nitrogens is 1. The predicted molar refractivity (Wildman–Crippen MR) is 116 cm³/mol. The molecule has 0 unspecified atom stereocenters. The van der Waals surface area contributed by atoms with Crippen LogP contribution in [0.15, 0.2) is 66.3 Å². The molecule has 0 saturated heterocycles. The molecule has 8 heteroatoms. The van der Waals surface area contributed by atoms with Gasteiger partial charge in [0.2, 0.25) is 0 Å². The highest BCUT2D eigenvalue weighted by Gasteiger charge is 2.13. The zero-order chi connectivity index (χ0) is 20.5. The molecule has 0 aliphatic carbocycles. The second kappa shape index (κ2) is 7.40. The minimum Gasteiger partial charge on any atom is -0.345 e. The van der Waals surface area contributed by atoms with Gasteiger partial charge >= 0.3 is 0 Å². The van der Waals surface area contributed by atoms with E-state index < -0.39 is 0 Å². The second-order valence-electron chi connectivity index (χ2n) is 7.18. The summed E-state index contributed by atoms with van der Waals surface area (Å²) in [5.74, 6) is 0. The number of rotatable bonds is 6. The molecule has 1 N–H and O–H groups in total. The van der Waals surface area contributed by atoms with Crippen molar-refractivity contribution in [1.82, 2.24) is 34.7 Å². The lowest BCUT2D eigenvalue weighted by molar-refractivity contribution is 0.645. The number of nitrogens with one attached hydrogen (secondary N) is 1. The Bertz CT molecular complexity index is 1340. The van der Waals surface area contributed by atoms with E-state index in [4.69, 9.17) is 0 Å². The minimum absolute atomic E-state index is 0.586. The topological polar surface area (TPSA) is 89.6 Å². The molecule has 0 atom stereocenters. The number of hydrogen-bond donors (Lipinski definition) is 1. The van der Waals surface area contributed by atoms with E-state index in [0.29, 0.717) is 13.1 Å². The third-order valence-electron chi connectivity index (χ3n) is 5.12.